The SMILES string of the molecule is CC1=CC(C)[C](/[Zr+2](=[CH]/c2cccc3ccccc23)[c]2cc(C(C)(C)C)cc3c2Cc2ccc(C(C)(C)C)cc2-3)=C1C.[Cl-].[Cl-]. The van der Waals surface area contributed by atoms with Crippen LogP contribution in [-0.4, -0.2) is 3.71 Å². The molecule has 2 aliphatic rings. The van der Waals surface area contributed by atoms with Gasteiger partial charge in [-0.25, -0.2) is 0 Å². The molecular weight excluding hydrogens is 643 g/mol. The first-order valence-corrected chi connectivity index (χ1v) is 19.1. The van der Waals surface area contributed by atoms with Crippen molar-refractivity contribution in [2.45, 2.75) is 79.6 Å². The monoisotopic (exact) mass is 684 g/mol. The molecule has 0 aliphatic heterocycles. The molecule has 3 heteroatoms. The number of hydrogen-bond acceptors (Lipinski definition) is 0. The Morgan fingerprint density at radius 1 is 0.744 bits per heavy atom. The Balaban J connectivity index is 0.00000212. The molecule has 0 amide bonds. The molecule has 43 heavy (non-hydrogen) atoms. The van der Waals surface area contributed by atoms with E-state index < -0.39 is 21.3 Å². The summed E-state index contributed by atoms with van der Waals surface area (Å²) in [5, 5.41) is 2.71. The summed E-state index contributed by atoms with van der Waals surface area (Å²) >= 11 is -2.57. The topological polar surface area (TPSA) is 0 Å². The van der Waals surface area contributed by atoms with Gasteiger partial charge in [0.1, 0.15) is 0 Å². The molecule has 0 saturated carbocycles. The van der Waals surface area contributed by atoms with E-state index in [0.29, 0.717) is 5.92 Å². The van der Waals surface area contributed by atoms with Crippen molar-refractivity contribution in [2.24, 2.45) is 5.92 Å². The van der Waals surface area contributed by atoms with Gasteiger partial charge in [0.05, 0.1) is 0 Å². The number of fused-ring (bicyclic) bond motifs is 4. The Morgan fingerprint density at radius 3 is 2.05 bits per heavy atom. The number of rotatable bonds is 3. The van der Waals surface area contributed by atoms with E-state index in [1.165, 1.54) is 49.7 Å². The molecule has 0 aromatic heterocycles. The van der Waals surface area contributed by atoms with Crippen LogP contribution in [0.15, 0.2) is 93.3 Å². The van der Waals surface area contributed by atoms with Gasteiger partial charge >= 0.3 is 257 Å². The van der Waals surface area contributed by atoms with Crippen molar-refractivity contribution in [3.05, 3.63) is 121 Å². The van der Waals surface area contributed by atoms with Crippen LogP contribution in [0.3, 0.4) is 0 Å². The average Bonchev–Trinajstić information content (AvgIpc) is 3.41. The Morgan fingerprint density at radius 2 is 1.40 bits per heavy atom. The van der Waals surface area contributed by atoms with E-state index in [1.807, 2.05) is 0 Å². The van der Waals surface area contributed by atoms with Crippen molar-refractivity contribution < 1.29 is 46.1 Å². The zero-order valence-electron chi connectivity index (χ0n) is 27.1. The Bertz CT molecular complexity index is 1800. The van der Waals surface area contributed by atoms with Crippen LogP contribution in [0.4, 0.5) is 0 Å². The van der Waals surface area contributed by atoms with E-state index in [0.717, 1.165) is 6.42 Å². The van der Waals surface area contributed by atoms with E-state index in [4.69, 9.17) is 0 Å². The molecule has 0 heterocycles. The minimum atomic E-state index is -2.57. The van der Waals surface area contributed by atoms with Crippen LogP contribution in [0, 0.1) is 5.92 Å². The second-order valence-electron chi connectivity index (χ2n) is 14.4. The summed E-state index contributed by atoms with van der Waals surface area (Å²) in [6.45, 7) is 21.3. The third-order valence-electron chi connectivity index (χ3n) is 9.40. The third-order valence-corrected chi connectivity index (χ3v) is 16.9. The van der Waals surface area contributed by atoms with Gasteiger partial charge in [-0.2, -0.15) is 0 Å². The average molecular weight is 687 g/mol. The van der Waals surface area contributed by atoms with Gasteiger partial charge in [-0.05, 0) is 0 Å². The molecule has 0 saturated heterocycles. The predicted molar refractivity (Wildman–Crippen MR) is 176 cm³/mol. The quantitative estimate of drug-likeness (QED) is 0.270. The second-order valence-corrected chi connectivity index (χ2v) is 19.8. The molecular formula is C40H44Cl2Zr. The maximum atomic E-state index is 2.78. The van der Waals surface area contributed by atoms with Gasteiger partial charge < -0.3 is 24.8 Å². The number of allylic oxidation sites excluding steroid dienone is 4. The van der Waals surface area contributed by atoms with Crippen LogP contribution in [0.5, 0.6) is 0 Å². The standard InChI is InChI=1S/C21H25.C11H8.C8H11.2ClH.Zr/c1-20(2,3)16-9-7-14-11-15-8-10-17(21(4,5)6)13-19(15)18(14)12-16;1-9-5-4-7-10-6-2-3-8-11(9)10;1-6-4-7(2)8(3)5-6;;;/h7,9-10,12-13H,11H2,1-6H3;1-8H;4,6H,1-3H3;2*1H;/q;;;;;+2/p-2. The van der Waals surface area contributed by atoms with Gasteiger partial charge in [-0.3, -0.25) is 0 Å². The maximum Gasteiger partial charge on any atom is -1.00 e. The smallest absolute Gasteiger partial charge is 1.00 e. The first kappa shape index (κ1) is 33.8. The third kappa shape index (κ3) is 6.25. The number of halogens is 2. The van der Waals surface area contributed by atoms with Gasteiger partial charge in [0.2, 0.25) is 0 Å². The van der Waals surface area contributed by atoms with Crippen molar-refractivity contribution in [1.82, 2.24) is 0 Å². The fraction of sp³-hybridized carbons (Fsp3) is 0.325. The van der Waals surface area contributed by atoms with Crippen LogP contribution in [-0.2, 0) is 38.5 Å². The first-order chi connectivity index (χ1) is 19.3. The van der Waals surface area contributed by atoms with Crippen LogP contribution >= 0.6 is 0 Å². The fourth-order valence-corrected chi connectivity index (χ4v) is 14.7. The Labute approximate surface area is 279 Å². The Hall–Kier alpha value is -2.05. The van der Waals surface area contributed by atoms with E-state index >= 15 is 0 Å². The molecule has 0 spiro atoms. The summed E-state index contributed by atoms with van der Waals surface area (Å²) in [6, 6.07) is 28.3. The molecule has 0 fully saturated rings. The van der Waals surface area contributed by atoms with Crippen molar-refractivity contribution in [2.75, 3.05) is 0 Å². The molecule has 0 bridgehead atoms. The molecule has 0 N–H and O–H groups in total. The first-order valence-electron chi connectivity index (χ1n) is 15.2. The molecule has 1 atom stereocenters. The zero-order chi connectivity index (χ0) is 29.3. The normalized spacial score (nSPS) is 16.0. The van der Waals surface area contributed by atoms with E-state index in [-0.39, 0.29) is 35.6 Å². The van der Waals surface area contributed by atoms with Gasteiger partial charge in [-0.1, -0.05) is 0 Å². The minimum absolute atomic E-state index is 0. The van der Waals surface area contributed by atoms with Crippen LogP contribution in [0.25, 0.3) is 21.9 Å². The van der Waals surface area contributed by atoms with Crippen LogP contribution in [0.2, 0.25) is 0 Å². The van der Waals surface area contributed by atoms with Crippen LogP contribution in [0.1, 0.15) is 90.1 Å². The number of benzene rings is 4. The summed E-state index contributed by atoms with van der Waals surface area (Å²) in [4.78, 5) is 0. The van der Waals surface area contributed by atoms with Gasteiger partial charge in [0, 0.05) is 0 Å². The van der Waals surface area contributed by atoms with Gasteiger partial charge in [0.25, 0.3) is 0 Å². The van der Waals surface area contributed by atoms with Crippen molar-refractivity contribution >= 4 is 17.8 Å². The molecule has 4 aromatic rings. The molecule has 0 nitrogen and oxygen atoms in total. The summed E-state index contributed by atoms with van der Waals surface area (Å²) < 4.78 is 6.20. The predicted octanol–water partition coefficient (Wildman–Crippen LogP) is 3.98. The van der Waals surface area contributed by atoms with Crippen molar-refractivity contribution in [3.63, 3.8) is 0 Å². The summed E-state index contributed by atoms with van der Waals surface area (Å²) in [5.74, 6) is 0.501. The van der Waals surface area contributed by atoms with E-state index in [1.54, 1.807) is 17.7 Å². The molecule has 222 valence electrons. The van der Waals surface area contributed by atoms with Crippen LogP contribution < -0.4 is 28.1 Å². The fourth-order valence-electron chi connectivity index (χ4n) is 6.83. The molecule has 0 radical (unpaired) electrons. The van der Waals surface area contributed by atoms with Gasteiger partial charge in [0.15, 0.2) is 0 Å². The molecule has 1 unspecified atom stereocenters. The van der Waals surface area contributed by atoms with E-state index in [9.17, 15) is 0 Å². The summed E-state index contributed by atoms with van der Waals surface area (Å²) in [6.07, 6.45) is 3.57. The molecule has 2 aliphatic carbocycles. The molecule has 6 rings (SSSR count). The summed E-state index contributed by atoms with van der Waals surface area (Å²) in [7, 11) is 0. The van der Waals surface area contributed by atoms with Gasteiger partial charge in [-0.15, -0.1) is 0 Å². The minimum Gasteiger partial charge on any atom is -1.00 e. The number of hydrogen-bond donors (Lipinski definition) is 0. The van der Waals surface area contributed by atoms with Crippen molar-refractivity contribution in [3.8, 4) is 11.1 Å². The zero-order valence-corrected chi connectivity index (χ0v) is 31.1. The van der Waals surface area contributed by atoms with E-state index in [2.05, 4.69) is 145 Å². The molecule has 4 aromatic carbocycles. The van der Waals surface area contributed by atoms with Crippen molar-refractivity contribution in [1.29, 1.82) is 0 Å². The Kier molecular flexibility index (Phi) is 9.75. The second kappa shape index (κ2) is 12.4. The largest absolute Gasteiger partial charge is 1.00 e. The summed E-state index contributed by atoms with van der Waals surface area (Å²) in [5.41, 5.74) is 13.6. The maximum absolute atomic E-state index is 2.78.